The van der Waals surface area contributed by atoms with Crippen molar-refractivity contribution in [1.82, 2.24) is 9.97 Å². The van der Waals surface area contributed by atoms with Crippen LogP contribution < -0.4 is 14.8 Å². The molecule has 12 heteroatoms. The van der Waals surface area contributed by atoms with E-state index in [0.29, 0.717) is 27.9 Å². The molecule has 1 N–H and O–H groups in total. The second-order valence-electron chi connectivity index (χ2n) is 7.51. The highest BCUT2D eigenvalue weighted by Gasteiger charge is 2.38. The topological polar surface area (TPSA) is 85.7 Å². The summed E-state index contributed by atoms with van der Waals surface area (Å²) in [5, 5.41) is 3.40. The Bertz CT molecular complexity index is 1310. The van der Waals surface area contributed by atoms with Crippen molar-refractivity contribution in [1.29, 1.82) is 0 Å². The van der Waals surface area contributed by atoms with Crippen LogP contribution in [0.15, 0.2) is 35.0 Å². The molecule has 0 aliphatic heterocycles. The van der Waals surface area contributed by atoms with Crippen molar-refractivity contribution in [3.05, 3.63) is 42.0 Å². The zero-order chi connectivity index (χ0) is 24.6. The average molecular weight is 486 g/mol. The largest absolute Gasteiger partial charge is 0.494 e. The summed E-state index contributed by atoms with van der Waals surface area (Å²) in [5.41, 5.74) is 1.41. The van der Waals surface area contributed by atoms with Crippen molar-refractivity contribution in [2.24, 2.45) is 4.36 Å². The maximum absolute atomic E-state index is 13.8. The zero-order valence-corrected chi connectivity index (χ0v) is 19.3. The van der Waals surface area contributed by atoms with Crippen molar-refractivity contribution < 1.29 is 31.2 Å². The fourth-order valence-electron chi connectivity index (χ4n) is 3.12. The number of hydrogen-bond donors (Lipinski definition) is 1. The molecular formula is C21H22F4N4O3S. The Balaban J connectivity index is 2.14. The SMILES string of the molecule is COc1c(N=S(C)(C)=O)cc2ncnc(Nc3ccc(F)cc3O[C@H](C)C(F)(F)F)c2c1C. The molecular weight excluding hydrogens is 464 g/mol. The van der Waals surface area contributed by atoms with Crippen molar-refractivity contribution in [3.8, 4) is 11.5 Å². The van der Waals surface area contributed by atoms with E-state index in [1.807, 2.05) is 0 Å². The van der Waals surface area contributed by atoms with Crippen LogP contribution >= 0.6 is 0 Å². The highest BCUT2D eigenvalue weighted by Crippen LogP contribution is 2.41. The van der Waals surface area contributed by atoms with E-state index in [1.54, 1.807) is 13.0 Å². The number of rotatable bonds is 6. The van der Waals surface area contributed by atoms with Gasteiger partial charge in [-0.05, 0) is 32.0 Å². The van der Waals surface area contributed by atoms with Gasteiger partial charge in [0.2, 0.25) is 0 Å². The summed E-state index contributed by atoms with van der Waals surface area (Å²) in [7, 11) is -1.06. The van der Waals surface area contributed by atoms with Crippen LogP contribution in [-0.2, 0) is 9.73 Å². The van der Waals surface area contributed by atoms with Gasteiger partial charge >= 0.3 is 6.18 Å². The number of aryl methyl sites for hydroxylation is 1. The number of methoxy groups -OCH3 is 1. The van der Waals surface area contributed by atoms with E-state index in [-0.39, 0.29) is 17.3 Å². The lowest BCUT2D eigenvalue weighted by Crippen LogP contribution is -2.31. The molecule has 33 heavy (non-hydrogen) atoms. The standard InChI is InChI=1S/C21H22F4N4O3S/c1-11-18-15(9-16(19(11)31-3)29-33(4,5)30)26-10-27-20(18)28-14-7-6-13(22)8-17(14)32-12(2)21(23,24)25/h6-10,12H,1-5H3,(H,26,27,28)/t12-/m1/s1. The number of nitrogens with zero attached hydrogens (tertiary/aromatic N) is 3. The third-order valence-corrected chi connectivity index (χ3v) is 5.22. The number of hydrogen-bond acceptors (Lipinski definition) is 7. The molecule has 0 bridgehead atoms. The lowest BCUT2D eigenvalue weighted by molar-refractivity contribution is -0.189. The van der Waals surface area contributed by atoms with Crippen LogP contribution in [0.1, 0.15) is 12.5 Å². The quantitative estimate of drug-likeness (QED) is 0.462. The molecule has 1 aromatic heterocycles. The first-order chi connectivity index (χ1) is 15.3. The van der Waals surface area contributed by atoms with Crippen molar-refractivity contribution >= 4 is 37.8 Å². The molecule has 0 saturated heterocycles. The van der Waals surface area contributed by atoms with Crippen molar-refractivity contribution in [2.45, 2.75) is 26.1 Å². The summed E-state index contributed by atoms with van der Waals surface area (Å²) in [4.78, 5) is 8.43. The minimum atomic E-state index is -4.63. The second kappa shape index (κ2) is 9.00. The molecule has 0 spiro atoms. The molecule has 0 aliphatic rings. The molecule has 0 fully saturated rings. The Morgan fingerprint density at radius 2 is 1.88 bits per heavy atom. The number of alkyl halides is 3. The van der Waals surface area contributed by atoms with Crippen LogP contribution in [-0.4, -0.2) is 46.1 Å². The van der Waals surface area contributed by atoms with Gasteiger partial charge in [-0.25, -0.2) is 18.6 Å². The summed E-state index contributed by atoms with van der Waals surface area (Å²) < 4.78 is 79.6. The normalized spacial score (nSPS) is 13.0. The summed E-state index contributed by atoms with van der Waals surface area (Å²) >= 11 is 0. The molecule has 0 unspecified atom stereocenters. The summed E-state index contributed by atoms with van der Waals surface area (Å²) in [6.45, 7) is 2.55. The van der Waals surface area contributed by atoms with E-state index >= 15 is 0 Å². The van der Waals surface area contributed by atoms with E-state index in [2.05, 4.69) is 19.6 Å². The minimum Gasteiger partial charge on any atom is -0.494 e. The molecule has 0 aliphatic carbocycles. The highest BCUT2D eigenvalue weighted by molar-refractivity contribution is 7.92. The van der Waals surface area contributed by atoms with Gasteiger partial charge in [0.25, 0.3) is 0 Å². The van der Waals surface area contributed by atoms with E-state index in [1.165, 1.54) is 32.0 Å². The van der Waals surface area contributed by atoms with Crippen molar-refractivity contribution in [2.75, 3.05) is 24.9 Å². The first kappa shape index (κ1) is 24.5. The highest BCUT2D eigenvalue weighted by atomic mass is 32.2. The Kier molecular flexibility index (Phi) is 6.68. The number of aromatic nitrogens is 2. The van der Waals surface area contributed by atoms with Gasteiger partial charge in [0.1, 0.15) is 35.1 Å². The van der Waals surface area contributed by atoms with Crippen LogP contribution in [0.2, 0.25) is 0 Å². The lowest BCUT2D eigenvalue weighted by Gasteiger charge is -2.21. The first-order valence-corrected chi connectivity index (χ1v) is 11.9. The fraction of sp³-hybridized carbons (Fsp3) is 0.333. The Labute approximate surface area is 188 Å². The van der Waals surface area contributed by atoms with Gasteiger partial charge in [-0.3, -0.25) is 0 Å². The molecule has 3 aromatic rings. The molecule has 2 aromatic carbocycles. The van der Waals surface area contributed by atoms with Gasteiger partial charge < -0.3 is 14.8 Å². The minimum absolute atomic E-state index is 0.0739. The molecule has 3 rings (SSSR count). The van der Waals surface area contributed by atoms with E-state index in [0.717, 1.165) is 19.1 Å². The maximum atomic E-state index is 13.8. The summed E-state index contributed by atoms with van der Waals surface area (Å²) in [5.74, 6) is -0.519. The van der Waals surface area contributed by atoms with Crippen LogP contribution in [0.3, 0.4) is 0 Å². The average Bonchev–Trinajstić information content (AvgIpc) is 2.68. The molecule has 0 saturated carbocycles. The van der Waals surface area contributed by atoms with E-state index in [4.69, 9.17) is 9.47 Å². The Morgan fingerprint density at radius 1 is 1.18 bits per heavy atom. The number of halogens is 4. The second-order valence-corrected chi connectivity index (χ2v) is 10.1. The van der Waals surface area contributed by atoms with Crippen LogP contribution in [0.5, 0.6) is 11.5 Å². The van der Waals surface area contributed by atoms with E-state index < -0.39 is 27.8 Å². The smallest absolute Gasteiger partial charge is 0.425 e. The first-order valence-electron chi connectivity index (χ1n) is 9.59. The number of benzene rings is 2. The molecule has 0 radical (unpaired) electrons. The predicted molar refractivity (Wildman–Crippen MR) is 119 cm³/mol. The zero-order valence-electron chi connectivity index (χ0n) is 18.5. The predicted octanol–water partition coefficient (Wildman–Crippen LogP) is 5.52. The van der Waals surface area contributed by atoms with Gasteiger partial charge in [-0.2, -0.15) is 17.5 Å². The maximum Gasteiger partial charge on any atom is 0.425 e. The lowest BCUT2D eigenvalue weighted by atomic mass is 10.1. The third kappa shape index (κ3) is 5.62. The number of nitrogens with one attached hydrogen (secondary N) is 1. The van der Waals surface area contributed by atoms with Gasteiger partial charge in [-0.1, -0.05) is 0 Å². The Hall–Kier alpha value is -3.15. The van der Waals surface area contributed by atoms with Gasteiger partial charge in [-0.15, -0.1) is 0 Å². The fourth-order valence-corrected chi connectivity index (χ4v) is 3.73. The molecule has 1 heterocycles. The van der Waals surface area contributed by atoms with Crippen LogP contribution in [0.25, 0.3) is 10.9 Å². The molecule has 7 nitrogen and oxygen atoms in total. The third-order valence-electron chi connectivity index (χ3n) is 4.58. The molecule has 1 atom stereocenters. The van der Waals surface area contributed by atoms with Crippen molar-refractivity contribution in [3.63, 3.8) is 0 Å². The van der Waals surface area contributed by atoms with Gasteiger partial charge in [0, 0.05) is 39.3 Å². The van der Waals surface area contributed by atoms with Crippen LogP contribution in [0, 0.1) is 12.7 Å². The van der Waals surface area contributed by atoms with Crippen LogP contribution in [0.4, 0.5) is 34.8 Å². The molecule has 178 valence electrons. The molecule has 0 amide bonds. The summed E-state index contributed by atoms with van der Waals surface area (Å²) in [6.07, 6.45) is -2.58. The number of fused-ring (bicyclic) bond motifs is 1. The van der Waals surface area contributed by atoms with Gasteiger partial charge in [0.15, 0.2) is 6.10 Å². The number of ether oxygens (including phenoxy) is 2. The number of anilines is 2. The monoisotopic (exact) mass is 486 g/mol. The Morgan fingerprint density at radius 3 is 2.48 bits per heavy atom. The van der Waals surface area contributed by atoms with Gasteiger partial charge in [0.05, 0.1) is 18.3 Å². The summed E-state index contributed by atoms with van der Waals surface area (Å²) in [6, 6.07) is 4.77. The van der Waals surface area contributed by atoms with E-state index in [9.17, 15) is 21.8 Å².